The van der Waals surface area contributed by atoms with Crippen LogP contribution < -0.4 is 5.73 Å². The molecule has 2 N–H and O–H groups in total. The predicted molar refractivity (Wildman–Crippen MR) is 78.5 cm³/mol. The van der Waals surface area contributed by atoms with Crippen molar-refractivity contribution in [1.29, 1.82) is 0 Å². The lowest BCUT2D eigenvalue weighted by Gasteiger charge is -2.45. The lowest BCUT2D eigenvalue weighted by atomic mass is 9.70. The Morgan fingerprint density at radius 1 is 1.06 bits per heavy atom. The molecular weight excluding hydrogens is 220 g/mol. The van der Waals surface area contributed by atoms with Gasteiger partial charge in [-0.15, -0.1) is 0 Å². The summed E-state index contributed by atoms with van der Waals surface area (Å²) in [6.45, 7) is 11.9. The van der Waals surface area contributed by atoms with Gasteiger partial charge in [-0.25, -0.2) is 0 Å². The van der Waals surface area contributed by atoms with Gasteiger partial charge in [0.15, 0.2) is 0 Å². The third-order valence-electron chi connectivity index (χ3n) is 5.75. The highest BCUT2D eigenvalue weighted by atomic mass is 15.1. The van der Waals surface area contributed by atoms with E-state index in [1.807, 2.05) is 0 Å². The molecule has 2 aliphatic rings. The summed E-state index contributed by atoms with van der Waals surface area (Å²) in [4.78, 5) is 2.70. The molecule has 0 bridgehead atoms. The van der Waals surface area contributed by atoms with E-state index in [4.69, 9.17) is 5.73 Å². The molecular formula is C16H32N2. The van der Waals surface area contributed by atoms with Crippen LogP contribution in [0.1, 0.15) is 52.9 Å². The van der Waals surface area contributed by atoms with Crippen molar-refractivity contribution in [3.05, 3.63) is 0 Å². The second kappa shape index (κ2) is 5.92. The van der Waals surface area contributed by atoms with Crippen LogP contribution >= 0.6 is 0 Å². The molecule has 0 radical (unpaired) electrons. The summed E-state index contributed by atoms with van der Waals surface area (Å²) < 4.78 is 0. The van der Waals surface area contributed by atoms with E-state index < -0.39 is 0 Å². The first-order chi connectivity index (χ1) is 8.54. The summed E-state index contributed by atoms with van der Waals surface area (Å²) >= 11 is 0. The molecule has 0 amide bonds. The highest BCUT2D eigenvalue weighted by Gasteiger charge is 2.36. The molecule has 0 aromatic heterocycles. The summed E-state index contributed by atoms with van der Waals surface area (Å²) in [5.74, 6) is 2.68. The lowest BCUT2D eigenvalue weighted by Crippen LogP contribution is -2.48. The number of hydrogen-bond acceptors (Lipinski definition) is 2. The largest absolute Gasteiger partial charge is 0.330 e. The van der Waals surface area contributed by atoms with Crippen LogP contribution in [0, 0.1) is 23.2 Å². The summed E-state index contributed by atoms with van der Waals surface area (Å²) in [7, 11) is 0. The zero-order chi connectivity index (χ0) is 13.2. The van der Waals surface area contributed by atoms with Crippen LogP contribution in [0.4, 0.5) is 0 Å². The molecule has 2 nitrogen and oxygen atoms in total. The molecule has 2 fully saturated rings. The third-order valence-corrected chi connectivity index (χ3v) is 5.75. The fourth-order valence-corrected chi connectivity index (χ4v) is 3.77. The molecule has 1 aliphatic heterocycles. The summed E-state index contributed by atoms with van der Waals surface area (Å²) in [5, 5.41) is 0. The molecule has 1 saturated carbocycles. The van der Waals surface area contributed by atoms with Crippen LogP contribution in [0.5, 0.6) is 0 Å². The molecule has 1 aliphatic carbocycles. The van der Waals surface area contributed by atoms with Gasteiger partial charge in [-0.2, -0.15) is 0 Å². The van der Waals surface area contributed by atoms with Gasteiger partial charge in [0.1, 0.15) is 0 Å². The van der Waals surface area contributed by atoms with Crippen LogP contribution in [0.15, 0.2) is 0 Å². The average molecular weight is 252 g/mol. The number of likely N-dealkylation sites (tertiary alicyclic amines) is 1. The van der Waals surface area contributed by atoms with E-state index in [0.717, 1.165) is 24.3 Å². The molecule has 2 atom stereocenters. The molecule has 0 aromatic rings. The third kappa shape index (κ3) is 3.27. The van der Waals surface area contributed by atoms with Gasteiger partial charge in [0.05, 0.1) is 0 Å². The van der Waals surface area contributed by atoms with Gasteiger partial charge in [-0.1, -0.05) is 33.6 Å². The van der Waals surface area contributed by atoms with E-state index in [1.54, 1.807) is 0 Å². The fourth-order valence-electron chi connectivity index (χ4n) is 3.77. The van der Waals surface area contributed by atoms with Crippen molar-refractivity contribution >= 4 is 0 Å². The van der Waals surface area contributed by atoms with Gasteiger partial charge >= 0.3 is 0 Å². The predicted octanol–water partition coefficient (Wildman–Crippen LogP) is 3.12. The quantitative estimate of drug-likeness (QED) is 0.836. The average Bonchev–Trinajstić information content (AvgIpc) is 2.37. The van der Waals surface area contributed by atoms with Gasteiger partial charge in [0.25, 0.3) is 0 Å². The molecule has 106 valence electrons. The Bertz CT molecular complexity index is 256. The molecule has 18 heavy (non-hydrogen) atoms. The maximum Gasteiger partial charge on any atom is 0.00502 e. The van der Waals surface area contributed by atoms with Crippen LogP contribution in [0.2, 0.25) is 0 Å². The Morgan fingerprint density at radius 3 is 2.28 bits per heavy atom. The summed E-state index contributed by atoms with van der Waals surface area (Å²) in [6.07, 6.45) is 6.85. The maximum atomic E-state index is 6.14. The highest BCUT2D eigenvalue weighted by Crippen LogP contribution is 2.39. The topological polar surface area (TPSA) is 29.3 Å². The van der Waals surface area contributed by atoms with Gasteiger partial charge in [0, 0.05) is 13.1 Å². The first-order valence-electron chi connectivity index (χ1n) is 7.97. The standard InChI is InChI=1S/C16H32N2/c1-13-4-7-16(11-17,8-5-13)12-18-9-6-14(2)15(3)10-18/h13-15H,4-12,17H2,1-3H3. The SMILES string of the molecule is CC1CCC(CN)(CN2CCC(C)C(C)C2)CC1. The van der Waals surface area contributed by atoms with E-state index in [-0.39, 0.29) is 0 Å². The van der Waals surface area contributed by atoms with Gasteiger partial charge < -0.3 is 10.6 Å². The van der Waals surface area contributed by atoms with Crippen molar-refractivity contribution in [3.63, 3.8) is 0 Å². The Labute approximate surface area is 113 Å². The van der Waals surface area contributed by atoms with Gasteiger partial charge in [-0.05, 0) is 55.5 Å². The fraction of sp³-hybridized carbons (Fsp3) is 1.00. The van der Waals surface area contributed by atoms with Crippen molar-refractivity contribution in [2.45, 2.75) is 52.9 Å². The van der Waals surface area contributed by atoms with Crippen molar-refractivity contribution in [3.8, 4) is 0 Å². The Balaban J connectivity index is 1.90. The first-order valence-corrected chi connectivity index (χ1v) is 7.97. The molecule has 0 aromatic carbocycles. The van der Waals surface area contributed by atoms with E-state index >= 15 is 0 Å². The lowest BCUT2D eigenvalue weighted by molar-refractivity contribution is 0.0557. The summed E-state index contributed by atoms with van der Waals surface area (Å²) in [6, 6.07) is 0. The molecule has 2 unspecified atom stereocenters. The van der Waals surface area contributed by atoms with E-state index in [2.05, 4.69) is 25.7 Å². The minimum Gasteiger partial charge on any atom is -0.330 e. The monoisotopic (exact) mass is 252 g/mol. The molecule has 2 heteroatoms. The highest BCUT2D eigenvalue weighted by molar-refractivity contribution is 4.90. The Kier molecular flexibility index (Phi) is 4.71. The normalized spacial score (nSPS) is 43.0. The number of nitrogens with zero attached hydrogens (tertiary/aromatic N) is 1. The maximum absolute atomic E-state index is 6.14. The van der Waals surface area contributed by atoms with E-state index in [0.29, 0.717) is 5.41 Å². The second-order valence-electron chi connectivity index (χ2n) is 7.37. The van der Waals surface area contributed by atoms with Crippen molar-refractivity contribution in [1.82, 2.24) is 4.90 Å². The van der Waals surface area contributed by atoms with Crippen LogP contribution in [0.3, 0.4) is 0 Å². The number of hydrogen-bond donors (Lipinski definition) is 1. The number of rotatable bonds is 3. The number of piperidine rings is 1. The van der Waals surface area contributed by atoms with E-state index in [9.17, 15) is 0 Å². The first kappa shape index (κ1) is 14.3. The van der Waals surface area contributed by atoms with Gasteiger partial charge in [-0.3, -0.25) is 0 Å². The zero-order valence-corrected chi connectivity index (χ0v) is 12.6. The minimum absolute atomic E-state index is 0.437. The smallest absolute Gasteiger partial charge is 0.00502 e. The molecule has 1 heterocycles. The van der Waals surface area contributed by atoms with Gasteiger partial charge in [0.2, 0.25) is 0 Å². The molecule has 2 rings (SSSR count). The molecule has 1 saturated heterocycles. The molecule has 0 spiro atoms. The Hall–Kier alpha value is -0.0800. The number of nitrogens with two attached hydrogens (primary N) is 1. The van der Waals surface area contributed by atoms with E-state index in [1.165, 1.54) is 51.7 Å². The van der Waals surface area contributed by atoms with Crippen LogP contribution in [0.25, 0.3) is 0 Å². The Morgan fingerprint density at radius 2 is 1.72 bits per heavy atom. The minimum atomic E-state index is 0.437. The van der Waals surface area contributed by atoms with Crippen molar-refractivity contribution in [2.75, 3.05) is 26.2 Å². The van der Waals surface area contributed by atoms with Crippen LogP contribution in [-0.2, 0) is 0 Å². The zero-order valence-electron chi connectivity index (χ0n) is 12.6. The second-order valence-corrected chi connectivity index (χ2v) is 7.37. The van der Waals surface area contributed by atoms with Crippen molar-refractivity contribution in [2.24, 2.45) is 28.9 Å². The van der Waals surface area contributed by atoms with Crippen molar-refractivity contribution < 1.29 is 0 Å². The summed E-state index contributed by atoms with van der Waals surface area (Å²) in [5.41, 5.74) is 6.57. The van der Waals surface area contributed by atoms with Crippen LogP contribution in [-0.4, -0.2) is 31.1 Å².